The van der Waals surface area contributed by atoms with E-state index in [1.54, 1.807) is 0 Å². The van der Waals surface area contributed by atoms with E-state index in [-0.39, 0.29) is 0 Å². The van der Waals surface area contributed by atoms with Crippen molar-refractivity contribution in [3.63, 3.8) is 0 Å². The van der Waals surface area contributed by atoms with Crippen molar-refractivity contribution in [2.75, 3.05) is 11.4 Å². The van der Waals surface area contributed by atoms with Gasteiger partial charge in [0.25, 0.3) is 0 Å². The van der Waals surface area contributed by atoms with Gasteiger partial charge in [0.2, 0.25) is 0 Å². The molecule has 17 heavy (non-hydrogen) atoms. The lowest BCUT2D eigenvalue weighted by molar-refractivity contribution is 0.387. The monoisotopic (exact) mass is 231 g/mol. The van der Waals surface area contributed by atoms with Crippen LogP contribution in [-0.4, -0.2) is 22.6 Å². The van der Waals surface area contributed by atoms with E-state index in [1.165, 1.54) is 25.7 Å². The maximum atomic E-state index is 4.76. The Labute approximate surface area is 103 Å². The molecule has 1 aliphatic carbocycles. The number of hydrogen-bond donors (Lipinski definition) is 0. The molecule has 0 radical (unpaired) electrons. The van der Waals surface area contributed by atoms with Crippen molar-refractivity contribution in [3.05, 3.63) is 18.1 Å². The normalized spacial score (nSPS) is 29.4. The van der Waals surface area contributed by atoms with Gasteiger partial charge in [-0.2, -0.15) is 0 Å². The first-order valence-corrected chi connectivity index (χ1v) is 6.83. The highest BCUT2D eigenvalue weighted by Crippen LogP contribution is 2.38. The predicted octanol–water partition coefficient (Wildman–Crippen LogP) is 2.98. The van der Waals surface area contributed by atoms with Crippen LogP contribution in [0.3, 0.4) is 0 Å². The van der Waals surface area contributed by atoms with Crippen molar-refractivity contribution in [1.82, 2.24) is 9.97 Å². The van der Waals surface area contributed by atoms with E-state index in [2.05, 4.69) is 29.8 Å². The Hall–Kier alpha value is -1.12. The fraction of sp³-hybridized carbons (Fsp3) is 0.714. The van der Waals surface area contributed by atoms with Gasteiger partial charge in [-0.05, 0) is 44.6 Å². The van der Waals surface area contributed by atoms with Gasteiger partial charge in [-0.15, -0.1) is 0 Å². The van der Waals surface area contributed by atoms with E-state index < -0.39 is 0 Å². The third-order valence-electron chi connectivity index (χ3n) is 4.01. The molecule has 1 aromatic heterocycles. The standard InChI is InChI=1S/C14H21N3/c1-10-3-4-11(2)17(9-10)13-7-8-15-14(16-13)12-5-6-12/h7-8,10-12H,3-6,9H2,1-2H3. The Morgan fingerprint density at radius 1 is 1.18 bits per heavy atom. The molecular weight excluding hydrogens is 210 g/mol. The summed E-state index contributed by atoms with van der Waals surface area (Å²) in [5.74, 6) is 3.63. The fourth-order valence-electron chi connectivity index (χ4n) is 2.67. The molecule has 2 fully saturated rings. The van der Waals surface area contributed by atoms with Crippen LogP contribution in [0.4, 0.5) is 5.82 Å². The SMILES string of the molecule is CC1CCC(C)N(c2ccnc(C3CC3)n2)C1. The Morgan fingerprint density at radius 3 is 2.76 bits per heavy atom. The highest BCUT2D eigenvalue weighted by molar-refractivity contribution is 5.40. The first-order chi connectivity index (χ1) is 8.24. The Kier molecular flexibility index (Phi) is 2.77. The second-order valence-corrected chi connectivity index (χ2v) is 5.73. The largest absolute Gasteiger partial charge is 0.354 e. The van der Waals surface area contributed by atoms with E-state index in [0.29, 0.717) is 12.0 Å². The second-order valence-electron chi connectivity index (χ2n) is 5.73. The summed E-state index contributed by atoms with van der Waals surface area (Å²) < 4.78 is 0. The maximum Gasteiger partial charge on any atom is 0.133 e. The van der Waals surface area contributed by atoms with E-state index in [1.807, 2.05) is 6.20 Å². The van der Waals surface area contributed by atoms with E-state index in [0.717, 1.165) is 24.1 Å². The second kappa shape index (κ2) is 4.28. The molecule has 3 heteroatoms. The summed E-state index contributed by atoms with van der Waals surface area (Å²) in [7, 11) is 0. The third-order valence-corrected chi connectivity index (χ3v) is 4.01. The summed E-state index contributed by atoms with van der Waals surface area (Å²) in [4.78, 5) is 11.6. The summed E-state index contributed by atoms with van der Waals surface area (Å²) in [5, 5.41) is 0. The van der Waals surface area contributed by atoms with Crippen molar-refractivity contribution < 1.29 is 0 Å². The van der Waals surface area contributed by atoms with Gasteiger partial charge in [0.1, 0.15) is 11.6 Å². The van der Waals surface area contributed by atoms with Gasteiger partial charge in [0, 0.05) is 24.7 Å². The van der Waals surface area contributed by atoms with Crippen LogP contribution in [0.15, 0.2) is 12.3 Å². The lowest BCUT2D eigenvalue weighted by atomic mass is 9.95. The lowest BCUT2D eigenvalue weighted by Crippen LogP contribution is -2.41. The molecule has 0 bridgehead atoms. The highest BCUT2D eigenvalue weighted by atomic mass is 15.2. The number of hydrogen-bond acceptors (Lipinski definition) is 3. The minimum atomic E-state index is 0.619. The molecule has 0 amide bonds. The van der Waals surface area contributed by atoms with Crippen LogP contribution in [0.25, 0.3) is 0 Å². The lowest BCUT2D eigenvalue weighted by Gasteiger charge is -2.37. The topological polar surface area (TPSA) is 29.0 Å². The third kappa shape index (κ3) is 2.28. The zero-order chi connectivity index (χ0) is 11.8. The molecule has 1 aliphatic heterocycles. The minimum absolute atomic E-state index is 0.619. The fourth-order valence-corrected chi connectivity index (χ4v) is 2.67. The zero-order valence-corrected chi connectivity index (χ0v) is 10.8. The molecule has 1 aromatic rings. The molecule has 92 valence electrons. The molecule has 2 atom stereocenters. The van der Waals surface area contributed by atoms with Crippen molar-refractivity contribution in [2.45, 2.75) is 51.5 Å². The van der Waals surface area contributed by atoms with Crippen molar-refractivity contribution in [1.29, 1.82) is 0 Å². The van der Waals surface area contributed by atoms with Crippen LogP contribution in [-0.2, 0) is 0 Å². The Bertz CT molecular complexity index is 400. The van der Waals surface area contributed by atoms with Gasteiger partial charge < -0.3 is 4.90 Å². The Morgan fingerprint density at radius 2 is 2.00 bits per heavy atom. The Balaban J connectivity index is 1.83. The van der Waals surface area contributed by atoms with Crippen LogP contribution in [0.1, 0.15) is 51.3 Å². The van der Waals surface area contributed by atoms with Gasteiger partial charge in [0.05, 0.1) is 0 Å². The van der Waals surface area contributed by atoms with Crippen LogP contribution in [0.2, 0.25) is 0 Å². The van der Waals surface area contributed by atoms with Crippen LogP contribution < -0.4 is 4.90 Å². The maximum absolute atomic E-state index is 4.76. The summed E-state index contributed by atoms with van der Waals surface area (Å²) in [6, 6.07) is 2.69. The smallest absolute Gasteiger partial charge is 0.133 e. The molecule has 3 rings (SSSR count). The molecule has 2 unspecified atom stereocenters. The van der Waals surface area contributed by atoms with Crippen molar-refractivity contribution >= 4 is 5.82 Å². The number of aromatic nitrogens is 2. The quantitative estimate of drug-likeness (QED) is 0.783. The van der Waals surface area contributed by atoms with Gasteiger partial charge in [-0.1, -0.05) is 6.92 Å². The highest BCUT2D eigenvalue weighted by Gasteiger charge is 2.28. The zero-order valence-electron chi connectivity index (χ0n) is 10.8. The van der Waals surface area contributed by atoms with E-state index in [4.69, 9.17) is 4.98 Å². The summed E-state index contributed by atoms with van der Waals surface area (Å²) in [5.41, 5.74) is 0. The van der Waals surface area contributed by atoms with Gasteiger partial charge in [0.15, 0.2) is 0 Å². The van der Waals surface area contributed by atoms with Gasteiger partial charge >= 0.3 is 0 Å². The average molecular weight is 231 g/mol. The number of piperidine rings is 1. The van der Waals surface area contributed by atoms with Crippen LogP contribution in [0, 0.1) is 5.92 Å². The predicted molar refractivity (Wildman–Crippen MR) is 69.2 cm³/mol. The van der Waals surface area contributed by atoms with Gasteiger partial charge in [-0.25, -0.2) is 9.97 Å². The molecule has 1 saturated carbocycles. The van der Waals surface area contributed by atoms with Gasteiger partial charge in [-0.3, -0.25) is 0 Å². The van der Waals surface area contributed by atoms with Crippen molar-refractivity contribution in [3.8, 4) is 0 Å². The number of anilines is 1. The summed E-state index contributed by atoms with van der Waals surface area (Å²) in [6.07, 6.45) is 7.11. The first kappa shape index (κ1) is 11.0. The summed E-state index contributed by atoms with van der Waals surface area (Å²) >= 11 is 0. The molecule has 0 spiro atoms. The van der Waals surface area contributed by atoms with E-state index >= 15 is 0 Å². The molecule has 2 heterocycles. The molecule has 0 aromatic carbocycles. The average Bonchev–Trinajstić information content (AvgIpc) is 3.17. The summed E-state index contributed by atoms with van der Waals surface area (Å²) in [6.45, 7) is 5.79. The van der Waals surface area contributed by atoms with Crippen molar-refractivity contribution in [2.24, 2.45) is 5.92 Å². The first-order valence-electron chi connectivity index (χ1n) is 6.83. The molecule has 1 saturated heterocycles. The molecule has 3 nitrogen and oxygen atoms in total. The molecule has 2 aliphatic rings. The molecule has 0 N–H and O–H groups in total. The van der Waals surface area contributed by atoms with Crippen LogP contribution in [0.5, 0.6) is 0 Å². The molecular formula is C14H21N3. The number of rotatable bonds is 2. The van der Waals surface area contributed by atoms with Crippen LogP contribution >= 0.6 is 0 Å². The minimum Gasteiger partial charge on any atom is -0.354 e. The van der Waals surface area contributed by atoms with E-state index in [9.17, 15) is 0 Å². The number of nitrogens with zero attached hydrogens (tertiary/aromatic N) is 3.